The van der Waals surface area contributed by atoms with E-state index in [4.69, 9.17) is 11.6 Å². The fourth-order valence-electron chi connectivity index (χ4n) is 0.854. The molecule has 0 aromatic carbocycles. The number of hydrogen-bond donors (Lipinski definition) is 1. The fraction of sp³-hybridized carbons (Fsp3) is 0.143. The number of carbonyl (C=O) groups is 1. The third-order valence-electron chi connectivity index (χ3n) is 1.46. The minimum absolute atomic E-state index is 0.385. The lowest BCUT2D eigenvalue weighted by Gasteiger charge is -2.03. The first-order chi connectivity index (χ1) is 6.43. The van der Waals surface area contributed by atoms with Crippen molar-refractivity contribution in [3.63, 3.8) is 0 Å². The summed E-state index contributed by atoms with van der Waals surface area (Å²) in [6.07, 6.45) is -3.10. The van der Waals surface area contributed by atoms with E-state index in [1.807, 2.05) is 0 Å². The van der Waals surface area contributed by atoms with Crippen molar-refractivity contribution in [3.8, 4) is 0 Å². The van der Waals surface area contributed by atoms with Crippen LogP contribution in [0.15, 0.2) is 10.9 Å². The van der Waals surface area contributed by atoms with Crippen LogP contribution < -0.4 is 5.56 Å². The SMILES string of the molecule is O=C(Cl)c1cc(F)c(=O)[nH]c1C(F)F. The van der Waals surface area contributed by atoms with E-state index in [0.717, 1.165) is 0 Å². The highest BCUT2D eigenvalue weighted by atomic mass is 35.5. The molecule has 0 amide bonds. The smallest absolute Gasteiger partial charge is 0.284 e. The zero-order valence-corrected chi connectivity index (χ0v) is 7.24. The van der Waals surface area contributed by atoms with E-state index in [0.29, 0.717) is 6.07 Å². The van der Waals surface area contributed by atoms with Gasteiger partial charge in [-0.1, -0.05) is 0 Å². The van der Waals surface area contributed by atoms with E-state index < -0.39 is 34.3 Å². The molecule has 0 saturated heterocycles. The molecule has 76 valence electrons. The van der Waals surface area contributed by atoms with E-state index in [1.54, 1.807) is 0 Å². The highest BCUT2D eigenvalue weighted by molar-refractivity contribution is 6.67. The van der Waals surface area contributed by atoms with E-state index in [1.165, 1.54) is 4.98 Å². The van der Waals surface area contributed by atoms with Gasteiger partial charge in [-0.25, -0.2) is 13.2 Å². The zero-order valence-electron chi connectivity index (χ0n) is 6.48. The Morgan fingerprint density at radius 2 is 2.07 bits per heavy atom. The summed E-state index contributed by atoms with van der Waals surface area (Å²) in [7, 11) is 0. The minimum Gasteiger partial charge on any atom is -0.318 e. The van der Waals surface area contributed by atoms with Gasteiger partial charge in [0.25, 0.3) is 17.2 Å². The van der Waals surface area contributed by atoms with E-state index in [-0.39, 0.29) is 0 Å². The van der Waals surface area contributed by atoms with Crippen LogP contribution in [0.5, 0.6) is 0 Å². The first kappa shape index (κ1) is 10.8. The standard InChI is InChI=1S/C7H3ClF3NO2/c8-5(13)2-1-3(9)7(14)12-4(2)6(10)11/h1,6H,(H,12,14). The molecule has 1 N–H and O–H groups in total. The molecule has 0 aliphatic carbocycles. The number of nitrogens with one attached hydrogen (secondary N) is 1. The van der Waals surface area contributed by atoms with E-state index in [2.05, 4.69) is 0 Å². The number of halogens is 4. The first-order valence-corrected chi connectivity index (χ1v) is 3.72. The summed E-state index contributed by atoms with van der Waals surface area (Å²) in [5, 5.41) is -1.25. The Morgan fingerprint density at radius 1 is 1.50 bits per heavy atom. The lowest BCUT2D eigenvalue weighted by molar-refractivity contribution is 0.106. The quantitative estimate of drug-likeness (QED) is 0.781. The van der Waals surface area contributed by atoms with Crippen molar-refractivity contribution in [2.45, 2.75) is 6.43 Å². The second kappa shape index (κ2) is 3.83. The average Bonchev–Trinajstić information content (AvgIpc) is 2.08. The molecule has 7 heteroatoms. The summed E-state index contributed by atoms with van der Waals surface area (Å²) >= 11 is 4.92. The van der Waals surface area contributed by atoms with Gasteiger partial charge in [-0.15, -0.1) is 0 Å². The topological polar surface area (TPSA) is 49.9 Å². The molecule has 1 heterocycles. The van der Waals surface area contributed by atoms with Crippen LogP contribution in [-0.2, 0) is 0 Å². The zero-order chi connectivity index (χ0) is 10.9. The number of aromatic amines is 1. The van der Waals surface area contributed by atoms with E-state index in [9.17, 15) is 22.8 Å². The maximum Gasteiger partial charge on any atom is 0.284 e. The van der Waals surface area contributed by atoms with Crippen molar-refractivity contribution >= 4 is 16.8 Å². The Labute approximate surface area is 80.5 Å². The number of rotatable bonds is 2. The van der Waals surface area contributed by atoms with Crippen LogP contribution in [-0.4, -0.2) is 10.2 Å². The third-order valence-corrected chi connectivity index (χ3v) is 1.66. The van der Waals surface area contributed by atoms with Gasteiger partial charge in [0, 0.05) is 0 Å². The number of carbonyl (C=O) groups excluding carboxylic acids is 1. The molecule has 1 rings (SSSR count). The van der Waals surface area contributed by atoms with Crippen LogP contribution in [0.25, 0.3) is 0 Å². The van der Waals surface area contributed by atoms with Gasteiger partial charge in [-0.05, 0) is 17.7 Å². The van der Waals surface area contributed by atoms with Crippen molar-refractivity contribution in [1.29, 1.82) is 0 Å². The second-order valence-electron chi connectivity index (χ2n) is 2.35. The molecule has 3 nitrogen and oxygen atoms in total. The monoisotopic (exact) mass is 225 g/mol. The fourth-order valence-corrected chi connectivity index (χ4v) is 1.01. The summed E-state index contributed by atoms with van der Waals surface area (Å²) in [5.74, 6) is -1.33. The largest absolute Gasteiger partial charge is 0.318 e. The van der Waals surface area contributed by atoms with Crippen molar-refractivity contribution in [3.05, 3.63) is 33.5 Å². The molecule has 0 fully saturated rings. The van der Waals surface area contributed by atoms with Gasteiger partial charge in [0.05, 0.1) is 11.3 Å². The lowest BCUT2D eigenvalue weighted by Crippen LogP contribution is -2.16. The Balaban J connectivity index is 3.47. The molecule has 0 bridgehead atoms. The molecule has 1 aromatic rings. The average molecular weight is 226 g/mol. The van der Waals surface area contributed by atoms with Gasteiger partial charge in [-0.3, -0.25) is 9.59 Å². The van der Waals surface area contributed by atoms with Gasteiger partial charge >= 0.3 is 0 Å². The Bertz CT molecular complexity index is 429. The van der Waals surface area contributed by atoms with Crippen molar-refractivity contribution in [1.82, 2.24) is 4.98 Å². The molecule has 0 aliphatic rings. The normalized spacial score (nSPS) is 10.6. The predicted molar refractivity (Wildman–Crippen MR) is 42.2 cm³/mol. The maximum atomic E-state index is 12.6. The number of pyridine rings is 1. The van der Waals surface area contributed by atoms with Crippen LogP contribution in [0.4, 0.5) is 13.2 Å². The lowest BCUT2D eigenvalue weighted by atomic mass is 10.2. The molecule has 0 spiro atoms. The summed E-state index contributed by atoms with van der Waals surface area (Å²) in [6.45, 7) is 0. The summed E-state index contributed by atoms with van der Waals surface area (Å²) < 4.78 is 37.0. The van der Waals surface area contributed by atoms with E-state index >= 15 is 0 Å². The molecule has 0 atom stereocenters. The predicted octanol–water partition coefficient (Wildman–Crippen LogP) is 1.83. The van der Waals surface area contributed by atoms with Gasteiger partial charge in [-0.2, -0.15) is 0 Å². The summed E-state index contributed by atoms with van der Waals surface area (Å²) in [6, 6.07) is 0.385. The molecule has 14 heavy (non-hydrogen) atoms. The van der Waals surface area contributed by atoms with Crippen LogP contribution in [0, 0.1) is 5.82 Å². The van der Waals surface area contributed by atoms with Gasteiger partial charge < -0.3 is 4.98 Å². The number of hydrogen-bond acceptors (Lipinski definition) is 2. The van der Waals surface area contributed by atoms with Crippen LogP contribution in [0.2, 0.25) is 0 Å². The van der Waals surface area contributed by atoms with Crippen LogP contribution >= 0.6 is 11.6 Å². The maximum absolute atomic E-state index is 12.6. The van der Waals surface area contributed by atoms with Crippen LogP contribution in [0.1, 0.15) is 22.5 Å². The third kappa shape index (κ3) is 1.95. The highest BCUT2D eigenvalue weighted by Gasteiger charge is 2.20. The summed E-state index contributed by atoms with van der Waals surface area (Å²) in [4.78, 5) is 22.7. The van der Waals surface area contributed by atoms with Gasteiger partial charge in [0.15, 0.2) is 5.82 Å². The van der Waals surface area contributed by atoms with Crippen molar-refractivity contribution in [2.75, 3.05) is 0 Å². The molecular weight excluding hydrogens is 223 g/mol. The Hall–Kier alpha value is -1.30. The second-order valence-corrected chi connectivity index (χ2v) is 2.69. The Kier molecular flexibility index (Phi) is 2.95. The molecular formula is C7H3ClF3NO2. The van der Waals surface area contributed by atoms with Crippen molar-refractivity contribution in [2.24, 2.45) is 0 Å². The van der Waals surface area contributed by atoms with Crippen molar-refractivity contribution < 1.29 is 18.0 Å². The molecule has 0 unspecified atom stereocenters. The van der Waals surface area contributed by atoms with Gasteiger partial charge in [0.1, 0.15) is 0 Å². The number of aromatic nitrogens is 1. The molecule has 0 aliphatic heterocycles. The number of H-pyrrole nitrogens is 1. The molecule has 1 aromatic heterocycles. The van der Waals surface area contributed by atoms with Gasteiger partial charge in [0.2, 0.25) is 0 Å². The molecule has 0 saturated carbocycles. The summed E-state index contributed by atoms with van der Waals surface area (Å²) in [5.41, 5.74) is -3.03. The number of alkyl halides is 2. The first-order valence-electron chi connectivity index (χ1n) is 3.34. The highest BCUT2D eigenvalue weighted by Crippen LogP contribution is 2.21. The minimum atomic E-state index is -3.10. The molecule has 0 radical (unpaired) electrons. The Morgan fingerprint density at radius 3 is 2.50 bits per heavy atom. The van der Waals surface area contributed by atoms with Crippen LogP contribution in [0.3, 0.4) is 0 Å².